The van der Waals surface area contributed by atoms with E-state index in [-0.39, 0.29) is 0 Å². The molecule has 0 aromatic rings. The fourth-order valence-corrected chi connectivity index (χ4v) is 1.31. The van der Waals surface area contributed by atoms with Crippen LogP contribution >= 0.6 is 0 Å². The fourth-order valence-electron chi connectivity index (χ4n) is 1.31. The van der Waals surface area contributed by atoms with Gasteiger partial charge in [-0.1, -0.05) is 12.8 Å². The Hall–Kier alpha value is -0.0400. The van der Waals surface area contributed by atoms with Gasteiger partial charge in [-0.15, -0.1) is 0 Å². The molecule has 0 heterocycles. The predicted molar refractivity (Wildman–Crippen MR) is 32.2 cm³/mol. The molecule has 1 heteroatoms. The minimum Gasteiger partial charge on any atom is -0.372 e. The highest BCUT2D eigenvalue weighted by Crippen LogP contribution is 2.24. The second-order valence-electron chi connectivity index (χ2n) is 2.48. The van der Waals surface area contributed by atoms with Crippen LogP contribution in [0.15, 0.2) is 0 Å². The smallest absolute Gasteiger partial charge is 0.115 e. The van der Waals surface area contributed by atoms with E-state index < -0.39 is 0 Å². The van der Waals surface area contributed by atoms with Crippen LogP contribution in [-0.2, 0) is 4.74 Å². The van der Waals surface area contributed by atoms with Gasteiger partial charge >= 0.3 is 0 Å². The summed E-state index contributed by atoms with van der Waals surface area (Å²) >= 11 is 0. The first-order valence-corrected chi connectivity index (χ1v) is 3.25. The molecule has 2 radical (unpaired) electrons. The molecule has 0 aromatic heterocycles. The second kappa shape index (κ2) is 3.08. The van der Waals surface area contributed by atoms with E-state index >= 15 is 0 Å². The first-order chi connectivity index (χ1) is 3.93. The van der Waals surface area contributed by atoms with Gasteiger partial charge in [-0.05, 0) is 18.8 Å². The summed E-state index contributed by atoms with van der Waals surface area (Å²) in [7, 11) is 4.91. The highest BCUT2D eigenvalue weighted by Gasteiger charge is 2.13. The zero-order valence-corrected chi connectivity index (χ0v) is 5.10. The molecule has 1 aliphatic rings. The average molecular weight is 112 g/mol. The van der Waals surface area contributed by atoms with Crippen molar-refractivity contribution >= 4 is 0 Å². The van der Waals surface area contributed by atoms with Gasteiger partial charge in [-0.2, -0.15) is 0 Å². The van der Waals surface area contributed by atoms with Crippen molar-refractivity contribution in [1.29, 1.82) is 0 Å². The molecule has 8 heavy (non-hydrogen) atoms. The predicted octanol–water partition coefficient (Wildman–Crippen LogP) is 1.86. The van der Waals surface area contributed by atoms with Gasteiger partial charge in [0.25, 0.3) is 0 Å². The van der Waals surface area contributed by atoms with Crippen LogP contribution in [0.1, 0.15) is 25.7 Å². The van der Waals surface area contributed by atoms with Gasteiger partial charge in [0.2, 0.25) is 0 Å². The van der Waals surface area contributed by atoms with Crippen molar-refractivity contribution in [2.45, 2.75) is 25.7 Å². The van der Waals surface area contributed by atoms with Crippen LogP contribution in [0.2, 0.25) is 0 Å². The Morgan fingerprint density at radius 2 is 2.00 bits per heavy atom. The van der Waals surface area contributed by atoms with Crippen LogP contribution < -0.4 is 0 Å². The monoisotopic (exact) mass is 112 g/mol. The van der Waals surface area contributed by atoms with Crippen molar-refractivity contribution in [3.8, 4) is 0 Å². The summed E-state index contributed by atoms with van der Waals surface area (Å²) in [5.74, 6) is 0.764. The molecule has 0 unspecified atom stereocenters. The summed E-state index contributed by atoms with van der Waals surface area (Å²) < 4.78 is 4.53. The van der Waals surface area contributed by atoms with Gasteiger partial charge in [0, 0.05) is 0 Å². The first-order valence-electron chi connectivity index (χ1n) is 3.25. The number of ether oxygens (including phenoxy) is 1. The van der Waals surface area contributed by atoms with Crippen LogP contribution in [0.4, 0.5) is 0 Å². The molecule has 0 saturated heterocycles. The highest BCUT2D eigenvalue weighted by atomic mass is 16.5. The molecule has 0 atom stereocenters. The molecule has 1 rings (SSSR count). The van der Waals surface area contributed by atoms with E-state index in [9.17, 15) is 0 Å². The normalized spacial score (nSPS) is 22.1. The summed E-state index contributed by atoms with van der Waals surface area (Å²) in [6.07, 6.45) is 5.37. The standard InChI is InChI=1S/C7H12O/c1-8-6-7-4-2-3-5-7/h1,7H,2-6H2. The molecular formula is C7H12O. The van der Waals surface area contributed by atoms with Gasteiger partial charge < -0.3 is 4.74 Å². The first kappa shape index (κ1) is 6.09. The maximum Gasteiger partial charge on any atom is 0.115 e. The van der Waals surface area contributed by atoms with Gasteiger partial charge in [-0.25, -0.2) is 0 Å². The average Bonchev–Trinajstić information content (AvgIpc) is 2.19. The molecule has 0 bridgehead atoms. The fraction of sp³-hybridized carbons (Fsp3) is 0.857. The van der Waals surface area contributed by atoms with Gasteiger partial charge in [0.1, 0.15) is 7.11 Å². The van der Waals surface area contributed by atoms with E-state index in [1.165, 1.54) is 25.7 Å². The van der Waals surface area contributed by atoms with E-state index in [0.29, 0.717) is 0 Å². The summed E-state index contributed by atoms with van der Waals surface area (Å²) in [4.78, 5) is 0. The lowest BCUT2D eigenvalue weighted by molar-refractivity contribution is 0.191. The topological polar surface area (TPSA) is 9.23 Å². The largest absolute Gasteiger partial charge is 0.372 e. The Morgan fingerprint density at radius 1 is 1.38 bits per heavy atom. The zero-order valence-electron chi connectivity index (χ0n) is 5.10. The minimum absolute atomic E-state index is 0.764. The Kier molecular flexibility index (Phi) is 2.34. The van der Waals surface area contributed by atoms with E-state index in [2.05, 4.69) is 4.74 Å². The number of hydrogen-bond donors (Lipinski definition) is 0. The second-order valence-corrected chi connectivity index (χ2v) is 2.48. The minimum atomic E-state index is 0.764. The lowest BCUT2D eigenvalue weighted by Gasteiger charge is -2.03. The highest BCUT2D eigenvalue weighted by molar-refractivity contribution is 4.65. The molecule has 46 valence electrons. The number of hydrogen-bond acceptors (Lipinski definition) is 1. The van der Waals surface area contributed by atoms with Crippen molar-refractivity contribution in [2.24, 2.45) is 5.92 Å². The SMILES string of the molecule is [CH]OCC1CCCC1. The summed E-state index contributed by atoms with van der Waals surface area (Å²) in [6.45, 7) is 0.764. The molecular weight excluding hydrogens is 100 g/mol. The molecule has 0 aromatic carbocycles. The van der Waals surface area contributed by atoms with E-state index in [4.69, 9.17) is 7.11 Å². The van der Waals surface area contributed by atoms with E-state index in [1.54, 1.807) is 0 Å². The molecule has 1 saturated carbocycles. The maximum absolute atomic E-state index is 4.91. The van der Waals surface area contributed by atoms with Crippen molar-refractivity contribution in [2.75, 3.05) is 6.61 Å². The van der Waals surface area contributed by atoms with Crippen LogP contribution in [0.25, 0.3) is 0 Å². The Morgan fingerprint density at radius 3 is 2.50 bits per heavy atom. The third-order valence-electron chi connectivity index (χ3n) is 1.81. The van der Waals surface area contributed by atoms with E-state index in [1.807, 2.05) is 0 Å². The van der Waals surface area contributed by atoms with Crippen LogP contribution in [0.3, 0.4) is 0 Å². The van der Waals surface area contributed by atoms with Crippen molar-refractivity contribution < 1.29 is 4.74 Å². The summed E-state index contributed by atoms with van der Waals surface area (Å²) in [6, 6.07) is 0. The van der Waals surface area contributed by atoms with Gasteiger partial charge in [0.05, 0.1) is 6.61 Å². The van der Waals surface area contributed by atoms with Crippen LogP contribution in [-0.4, -0.2) is 6.61 Å². The molecule has 1 aliphatic carbocycles. The van der Waals surface area contributed by atoms with Crippen molar-refractivity contribution in [3.63, 3.8) is 0 Å². The Labute approximate surface area is 51.0 Å². The molecule has 1 fully saturated rings. The lowest BCUT2D eigenvalue weighted by atomic mass is 10.1. The van der Waals surface area contributed by atoms with Gasteiger partial charge in [-0.3, -0.25) is 0 Å². The molecule has 0 amide bonds. The summed E-state index contributed by atoms with van der Waals surface area (Å²) in [5.41, 5.74) is 0. The molecule has 0 N–H and O–H groups in total. The molecule has 0 spiro atoms. The van der Waals surface area contributed by atoms with Crippen LogP contribution in [0, 0.1) is 13.0 Å². The zero-order chi connectivity index (χ0) is 5.82. The van der Waals surface area contributed by atoms with Crippen molar-refractivity contribution in [1.82, 2.24) is 0 Å². The lowest BCUT2D eigenvalue weighted by Crippen LogP contribution is -2.00. The third kappa shape index (κ3) is 1.48. The molecule has 0 aliphatic heterocycles. The van der Waals surface area contributed by atoms with Crippen molar-refractivity contribution in [3.05, 3.63) is 7.11 Å². The molecule has 1 nitrogen and oxygen atoms in total. The quantitative estimate of drug-likeness (QED) is 0.529. The van der Waals surface area contributed by atoms with Gasteiger partial charge in [0.15, 0.2) is 0 Å². The van der Waals surface area contributed by atoms with E-state index in [0.717, 1.165) is 12.5 Å². The number of rotatable bonds is 2. The third-order valence-corrected chi connectivity index (χ3v) is 1.81. The maximum atomic E-state index is 4.91. The summed E-state index contributed by atoms with van der Waals surface area (Å²) in [5, 5.41) is 0. The Bertz CT molecular complexity index is 55.4. The Balaban J connectivity index is 2.06. The van der Waals surface area contributed by atoms with Crippen LogP contribution in [0.5, 0.6) is 0 Å².